The summed E-state index contributed by atoms with van der Waals surface area (Å²) in [6, 6.07) is 18.4. The van der Waals surface area contributed by atoms with Gasteiger partial charge in [-0.3, -0.25) is 4.79 Å². The molecule has 0 saturated heterocycles. The van der Waals surface area contributed by atoms with E-state index in [-0.39, 0.29) is 12.5 Å². The van der Waals surface area contributed by atoms with Crippen LogP contribution in [-0.2, 0) is 6.61 Å². The van der Waals surface area contributed by atoms with Crippen molar-refractivity contribution in [3.8, 4) is 11.3 Å². The van der Waals surface area contributed by atoms with Gasteiger partial charge in [0.25, 0.3) is 5.91 Å². The summed E-state index contributed by atoms with van der Waals surface area (Å²) < 4.78 is 6.40. The standard InChI is InChI=1S/C18H14INO3/c19-16-4-2-1-3-15(16)18(22)20-13-7-5-12(6-8-13)17-10-9-14(11-21)23-17/h1-10,21H,11H2,(H,20,22). The monoisotopic (exact) mass is 419 g/mol. The number of hydrogen-bond donors (Lipinski definition) is 2. The third kappa shape index (κ3) is 3.62. The molecular formula is C18H14INO3. The fourth-order valence-electron chi connectivity index (χ4n) is 2.18. The van der Waals surface area contributed by atoms with Crippen LogP contribution < -0.4 is 5.32 Å². The van der Waals surface area contributed by atoms with Gasteiger partial charge in [0.2, 0.25) is 0 Å². The Bertz CT molecular complexity index is 824. The maximum absolute atomic E-state index is 12.3. The first kappa shape index (κ1) is 15.8. The fraction of sp³-hybridized carbons (Fsp3) is 0.0556. The van der Waals surface area contributed by atoms with E-state index in [1.807, 2.05) is 48.5 Å². The van der Waals surface area contributed by atoms with Gasteiger partial charge in [0.05, 0.1) is 5.56 Å². The molecule has 0 aliphatic rings. The topological polar surface area (TPSA) is 62.5 Å². The lowest BCUT2D eigenvalue weighted by molar-refractivity contribution is 0.102. The molecule has 0 saturated carbocycles. The molecule has 0 spiro atoms. The molecule has 0 aliphatic heterocycles. The number of nitrogens with one attached hydrogen (secondary N) is 1. The molecule has 0 unspecified atom stereocenters. The number of furan rings is 1. The molecule has 1 heterocycles. The van der Waals surface area contributed by atoms with Crippen LogP contribution in [0.15, 0.2) is 65.1 Å². The molecule has 0 aliphatic carbocycles. The van der Waals surface area contributed by atoms with E-state index >= 15 is 0 Å². The number of benzene rings is 2. The molecule has 23 heavy (non-hydrogen) atoms. The van der Waals surface area contributed by atoms with Gasteiger partial charge >= 0.3 is 0 Å². The van der Waals surface area contributed by atoms with Crippen LogP contribution in [-0.4, -0.2) is 11.0 Å². The molecule has 3 rings (SSSR count). The predicted octanol–water partition coefficient (Wildman–Crippen LogP) is 4.30. The normalized spacial score (nSPS) is 10.5. The number of hydrogen-bond acceptors (Lipinski definition) is 3. The minimum Gasteiger partial charge on any atom is -0.459 e. The summed E-state index contributed by atoms with van der Waals surface area (Å²) >= 11 is 2.14. The molecule has 2 aromatic carbocycles. The molecule has 1 aromatic heterocycles. The van der Waals surface area contributed by atoms with Crippen molar-refractivity contribution >= 4 is 34.2 Å². The summed E-state index contributed by atoms with van der Waals surface area (Å²) in [5.74, 6) is 1.07. The summed E-state index contributed by atoms with van der Waals surface area (Å²) in [4.78, 5) is 12.3. The molecule has 4 nitrogen and oxygen atoms in total. The zero-order chi connectivity index (χ0) is 16.2. The lowest BCUT2D eigenvalue weighted by atomic mass is 10.1. The first-order valence-corrected chi connectivity index (χ1v) is 8.11. The summed E-state index contributed by atoms with van der Waals surface area (Å²) in [6.45, 7) is -0.121. The van der Waals surface area contributed by atoms with Crippen LogP contribution >= 0.6 is 22.6 Å². The Hall–Kier alpha value is -2.12. The Morgan fingerprint density at radius 2 is 1.78 bits per heavy atom. The SMILES string of the molecule is O=C(Nc1ccc(-c2ccc(CO)o2)cc1)c1ccccc1I. The van der Waals surface area contributed by atoms with Crippen LogP contribution in [0.5, 0.6) is 0 Å². The fourth-order valence-corrected chi connectivity index (χ4v) is 2.81. The zero-order valence-corrected chi connectivity index (χ0v) is 14.3. The van der Waals surface area contributed by atoms with Gasteiger partial charge in [0, 0.05) is 14.8 Å². The maximum Gasteiger partial charge on any atom is 0.256 e. The Morgan fingerprint density at radius 3 is 2.43 bits per heavy atom. The largest absolute Gasteiger partial charge is 0.459 e. The van der Waals surface area contributed by atoms with Crippen molar-refractivity contribution in [3.63, 3.8) is 0 Å². The van der Waals surface area contributed by atoms with Crippen LogP contribution in [0.1, 0.15) is 16.1 Å². The summed E-state index contributed by atoms with van der Waals surface area (Å²) in [5, 5.41) is 11.9. The van der Waals surface area contributed by atoms with E-state index in [9.17, 15) is 4.79 Å². The van der Waals surface area contributed by atoms with Crippen molar-refractivity contribution in [2.75, 3.05) is 5.32 Å². The van der Waals surface area contributed by atoms with Crippen molar-refractivity contribution in [1.82, 2.24) is 0 Å². The quantitative estimate of drug-likeness (QED) is 0.621. The molecule has 2 N–H and O–H groups in total. The lowest BCUT2D eigenvalue weighted by Gasteiger charge is -2.07. The number of aliphatic hydroxyl groups is 1. The second kappa shape index (κ2) is 6.97. The van der Waals surface area contributed by atoms with Crippen LogP contribution in [0.2, 0.25) is 0 Å². The first-order chi connectivity index (χ1) is 11.2. The van der Waals surface area contributed by atoms with Gasteiger partial charge < -0.3 is 14.8 Å². The second-order valence-electron chi connectivity index (χ2n) is 4.94. The lowest BCUT2D eigenvalue weighted by Crippen LogP contribution is -2.13. The van der Waals surface area contributed by atoms with Gasteiger partial charge in [-0.05, 0) is 71.1 Å². The summed E-state index contributed by atoms with van der Waals surface area (Å²) in [7, 11) is 0. The van der Waals surface area contributed by atoms with Crippen molar-refractivity contribution in [2.24, 2.45) is 0 Å². The van der Waals surface area contributed by atoms with E-state index in [1.54, 1.807) is 12.1 Å². The third-order valence-corrected chi connectivity index (χ3v) is 4.30. The minimum absolute atomic E-state index is 0.121. The number of carbonyl (C=O) groups is 1. The van der Waals surface area contributed by atoms with Crippen LogP contribution in [0, 0.1) is 3.57 Å². The van der Waals surface area contributed by atoms with Crippen LogP contribution in [0.3, 0.4) is 0 Å². The average molecular weight is 419 g/mol. The Kier molecular flexibility index (Phi) is 4.78. The van der Waals surface area contributed by atoms with Crippen molar-refractivity contribution in [3.05, 3.63) is 75.6 Å². The predicted molar refractivity (Wildman–Crippen MR) is 97.2 cm³/mol. The van der Waals surface area contributed by atoms with Crippen LogP contribution in [0.4, 0.5) is 5.69 Å². The highest BCUT2D eigenvalue weighted by Gasteiger charge is 2.10. The smallest absolute Gasteiger partial charge is 0.256 e. The number of rotatable bonds is 4. The molecule has 0 fully saturated rings. The molecule has 0 radical (unpaired) electrons. The Labute approximate surface area is 147 Å². The van der Waals surface area contributed by atoms with E-state index in [0.29, 0.717) is 22.8 Å². The number of halogens is 1. The zero-order valence-electron chi connectivity index (χ0n) is 12.1. The molecule has 1 amide bonds. The van der Waals surface area contributed by atoms with Crippen molar-refractivity contribution in [1.29, 1.82) is 0 Å². The number of carbonyl (C=O) groups excluding carboxylic acids is 1. The van der Waals surface area contributed by atoms with Crippen molar-refractivity contribution in [2.45, 2.75) is 6.61 Å². The highest BCUT2D eigenvalue weighted by molar-refractivity contribution is 14.1. The van der Waals surface area contributed by atoms with E-state index < -0.39 is 0 Å². The molecule has 3 aromatic rings. The summed E-state index contributed by atoms with van der Waals surface area (Å²) in [5.41, 5.74) is 2.25. The molecular weight excluding hydrogens is 405 g/mol. The van der Waals surface area contributed by atoms with E-state index in [0.717, 1.165) is 9.13 Å². The van der Waals surface area contributed by atoms with Gasteiger partial charge in [-0.25, -0.2) is 0 Å². The van der Waals surface area contributed by atoms with Gasteiger partial charge in [0.1, 0.15) is 18.1 Å². The van der Waals surface area contributed by atoms with E-state index in [1.165, 1.54) is 0 Å². The average Bonchev–Trinajstić information content (AvgIpc) is 3.05. The summed E-state index contributed by atoms with van der Waals surface area (Å²) in [6.07, 6.45) is 0. The highest BCUT2D eigenvalue weighted by Crippen LogP contribution is 2.24. The third-order valence-electron chi connectivity index (χ3n) is 3.36. The van der Waals surface area contributed by atoms with Gasteiger partial charge in [-0.1, -0.05) is 12.1 Å². The van der Waals surface area contributed by atoms with Crippen molar-refractivity contribution < 1.29 is 14.3 Å². The molecule has 5 heteroatoms. The van der Waals surface area contributed by atoms with Gasteiger partial charge in [-0.15, -0.1) is 0 Å². The van der Waals surface area contributed by atoms with Gasteiger partial charge in [-0.2, -0.15) is 0 Å². The Balaban J connectivity index is 1.75. The number of aliphatic hydroxyl groups excluding tert-OH is 1. The van der Waals surface area contributed by atoms with Crippen LogP contribution in [0.25, 0.3) is 11.3 Å². The number of amides is 1. The highest BCUT2D eigenvalue weighted by atomic mass is 127. The number of anilines is 1. The van der Waals surface area contributed by atoms with E-state index in [2.05, 4.69) is 27.9 Å². The molecule has 116 valence electrons. The van der Waals surface area contributed by atoms with E-state index in [4.69, 9.17) is 9.52 Å². The molecule has 0 atom stereocenters. The minimum atomic E-state index is -0.136. The maximum atomic E-state index is 12.3. The Morgan fingerprint density at radius 1 is 1.04 bits per heavy atom. The van der Waals surface area contributed by atoms with Gasteiger partial charge in [0.15, 0.2) is 0 Å². The molecule has 0 bridgehead atoms. The second-order valence-corrected chi connectivity index (χ2v) is 6.10. The first-order valence-electron chi connectivity index (χ1n) is 7.03.